The zero-order valence-corrected chi connectivity index (χ0v) is 19.4. The van der Waals surface area contributed by atoms with E-state index in [4.69, 9.17) is 4.99 Å². The Morgan fingerprint density at radius 3 is 2.73 bits per heavy atom. The first-order valence-electron chi connectivity index (χ1n) is 11.9. The molecule has 2 amide bonds. The molecule has 0 saturated carbocycles. The van der Waals surface area contributed by atoms with E-state index in [2.05, 4.69) is 64.0 Å². The van der Waals surface area contributed by atoms with Gasteiger partial charge in [0.2, 0.25) is 0 Å². The lowest BCUT2D eigenvalue weighted by atomic mass is 10.2. The lowest BCUT2D eigenvalue weighted by Crippen LogP contribution is -2.38. The molecular formula is C26H34N6O. The number of aryl methyl sites for hydroxylation is 1. The van der Waals surface area contributed by atoms with Crippen molar-refractivity contribution in [1.82, 2.24) is 20.1 Å². The van der Waals surface area contributed by atoms with Crippen LogP contribution in [-0.2, 0) is 13.1 Å². The number of nitrogens with zero attached hydrogens (tertiary/aromatic N) is 3. The van der Waals surface area contributed by atoms with Crippen LogP contribution in [0.2, 0.25) is 0 Å². The van der Waals surface area contributed by atoms with Gasteiger partial charge in [-0.05, 0) is 61.4 Å². The molecule has 3 N–H and O–H groups in total. The molecule has 0 unspecified atom stereocenters. The van der Waals surface area contributed by atoms with Gasteiger partial charge in [-0.15, -0.1) is 0 Å². The molecule has 1 aliphatic rings. The summed E-state index contributed by atoms with van der Waals surface area (Å²) >= 11 is 0. The number of urea groups is 1. The fraction of sp³-hybridized carbons (Fsp3) is 0.385. The number of guanidine groups is 1. The fourth-order valence-electron chi connectivity index (χ4n) is 4.17. The lowest BCUT2D eigenvalue weighted by molar-refractivity contribution is 0.222. The minimum Gasteiger partial charge on any atom is -0.357 e. The van der Waals surface area contributed by atoms with E-state index in [-0.39, 0.29) is 6.03 Å². The number of hydrogen-bond donors (Lipinski definition) is 3. The number of fused-ring (bicyclic) bond motifs is 1. The predicted octanol–water partition coefficient (Wildman–Crippen LogP) is 4.41. The Bertz CT molecular complexity index is 1080. The smallest absolute Gasteiger partial charge is 0.321 e. The molecule has 3 aromatic rings. The Morgan fingerprint density at radius 2 is 1.88 bits per heavy atom. The average molecular weight is 447 g/mol. The van der Waals surface area contributed by atoms with Crippen LogP contribution < -0.4 is 16.0 Å². The molecule has 1 aliphatic heterocycles. The molecule has 1 fully saturated rings. The van der Waals surface area contributed by atoms with Crippen LogP contribution in [0.25, 0.3) is 10.9 Å². The Labute approximate surface area is 195 Å². The number of anilines is 1. The van der Waals surface area contributed by atoms with E-state index < -0.39 is 0 Å². The van der Waals surface area contributed by atoms with Gasteiger partial charge in [-0.3, -0.25) is 0 Å². The lowest BCUT2D eigenvalue weighted by Gasteiger charge is -2.16. The molecule has 33 heavy (non-hydrogen) atoms. The van der Waals surface area contributed by atoms with Crippen LogP contribution in [0, 0.1) is 0 Å². The first-order valence-corrected chi connectivity index (χ1v) is 11.9. The van der Waals surface area contributed by atoms with Crippen molar-refractivity contribution in [3.8, 4) is 0 Å². The van der Waals surface area contributed by atoms with Crippen molar-refractivity contribution in [2.75, 3.05) is 31.5 Å². The molecule has 0 spiro atoms. The first kappa shape index (κ1) is 22.7. The second kappa shape index (κ2) is 11.4. The van der Waals surface area contributed by atoms with Crippen LogP contribution in [0.1, 0.15) is 31.7 Å². The fourth-order valence-corrected chi connectivity index (χ4v) is 4.17. The number of amides is 2. The molecular weight excluding hydrogens is 412 g/mol. The van der Waals surface area contributed by atoms with Crippen molar-refractivity contribution in [2.24, 2.45) is 4.99 Å². The van der Waals surface area contributed by atoms with E-state index in [9.17, 15) is 4.79 Å². The highest BCUT2D eigenvalue weighted by atomic mass is 16.2. The highest BCUT2D eigenvalue weighted by molar-refractivity contribution is 5.89. The summed E-state index contributed by atoms with van der Waals surface area (Å²) in [5, 5.41) is 11.0. The quantitative estimate of drug-likeness (QED) is 0.273. The van der Waals surface area contributed by atoms with Gasteiger partial charge in [0.1, 0.15) is 0 Å². The molecule has 1 aromatic heterocycles. The number of hydrogen-bond acceptors (Lipinski definition) is 2. The summed E-state index contributed by atoms with van der Waals surface area (Å²) in [6, 6.07) is 18.5. The number of aromatic nitrogens is 1. The maximum absolute atomic E-state index is 12.3. The topological polar surface area (TPSA) is 73.7 Å². The van der Waals surface area contributed by atoms with Crippen molar-refractivity contribution in [2.45, 2.75) is 39.3 Å². The minimum atomic E-state index is -0.0152. The highest BCUT2D eigenvalue weighted by Gasteiger charge is 2.17. The minimum absolute atomic E-state index is 0.0152. The SMILES string of the molecule is CCNC(=NCc1cccc(NC(=O)N2CCCC2)c1)NCCCn1ccc2ccccc21. The van der Waals surface area contributed by atoms with Crippen molar-refractivity contribution in [1.29, 1.82) is 0 Å². The standard InChI is InChI=1S/C26H34N6O/c1-2-27-25(28-14-8-17-31-18-13-22-10-3-4-12-24(22)31)29-20-21-9-7-11-23(19-21)30-26(33)32-15-5-6-16-32/h3-4,7,9-13,18-19H,2,5-6,8,14-17,20H2,1H3,(H,30,33)(H2,27,28,29). The molecule has 0 atom stereocenters. The second-order valence-corrected chi connectivity index (χ2v) is 8.37. The summed E-state index contributed by atoms with van der Waals surface area (Å²) in [7, 11) is 0. The average Bonchev–Trinajstić information content (AvgIpc) is 3.51. The van der Waals surface area contributed by atoms with Crippen LogP contribution >= 0.6 is 0 Å². The Kier molecular flexibility index (Phi) is 7.85. The van der Waals surface area contributed by atoms with Gasteiger partial charge in [-0.1, -0.05) is 30.3 Å². The van der Waals surface area contributed by atoms with Crippen LogP contribution in [0.15, 0.2) is 65.8 Å². The molecule has 1 saturated heterocycles. The summed E-state index contributed by atoms with van der Waals surface area (Å²) in [6.07, 6.45) is 5.33. The summed E-state index contributed by atoms with van der Waals surface area (Å²) in [5.74, 6) is 0.807. The van der Waals surface area contributed by atoms with E-state index in [0.717, 1.165) is 69.2 Å². The Hall–Kier alpha value is -3.48. The molecule has 7 heteroatoms. The molecule has 2 aromatic carbocycles. The number of carbonyl (C=O) groups excluding carboxylic acids is 1. The van der Waals surface area contributed by atoms with E-state index in [1.807, 2.05) is 29.2 Å². The maximum atomic E-state index is 12.3. The second-order valence-electron chi connectivity index (χ2n) is 8.37. The van der Waals surface area contributed by atoms with Crippen LogP contribution in [-0.4, -0.2) is 47.6 Å². The third-order valence-electron chi connectivity index (χ3n) is 5.88. The van der Waals surface area contributed by atoms with Crippen LogP contribution in [0.5, 0.6) is 0 Å². The summed E-state index contributed by atoms with van der Waals surface area (Å²) < 4.78 is 2.29. The highest BCUT2D eigenvalue weighted by Crippen LogP contribution is 2.16. The number of nitrogens with one attached hydrogen (secondary N) is 3. The number of benzene rings is 2. The van der Waals surface area contributed by atoms with E-state index in [1.165, 1.54) is 10.9 Å². The Morgan fingerprint density at radius 1 is 1.03 bits per heavy atom. The normalized spacial score (nSPS) is 14.0. The molecule has 174 valence electrons. The number of carbonyl (C=O) groups is 1. The van der Waals surface area contributed by atoms with Crippen LogP contribution in [0.3, 0.4) is 0 Å². The van der Waals surface area contributed by atoms with Gasteiger partial charge in [-0.2, -0.15) is 0 Å². The van der Waals surface area contributed by atoms with E-state index >= 15 is 0 Å². The number of likely N-dealkylation sites (tertiary alicyclic amines) is 1. The van der Waals surface area contributed by atoms with Gasteiger partial charge in [0, 0.05) is 50.1 Å². The van der Waals surface area contributed by atoms with E-state index in [1.54, 1.807) is 0 Å². The summed E-state index contributed by atoms with van der Waals surface area (Å²) in [5.41, 5.74) is 3.15. The third kappa shape index (κ3) is 6.28. The molecule has 0 aliphatic carbocycles. The maximum Gasteiger partial charge on any atom is 0.321 e. The van der Waals surface area contributed by atoms with Crippen molar-refractivity contribution >= 4 is 28.6 Å². The molecule has 7 nitrogen and oxygen atoms in total. The van der Waals surface area contributed by atoms with Crippen molar-refractivity contribution in [3.05, 3.63) is 66.4 Å². The number of rotatable bonds is 8. The van der Waals surface area contributed by atoms with E-state index in [0.29, 0.717) is 6.54 Å². The largest absolute Gasteiger partial charge is 0.357 e. The zero-order chi connectivity index (χ0) is 22.9. The zero-order valence-electron chi connectivity index (χ0n) is 19.4. The van der Waals surface area contributed by atoms with Gasteiger partial charge >= 0.3 is 6.03 Å². The van der Waals surface area contributed by atoms with Crippen LogP contribution in [0.4, 0.5) is 10.5 Å². The van der Waals surface area contributed by atoms with Crippen molar-refractivity contribution in [3.63, 3.8) is 0 Å². The van der Waals surface area contributed by atoms with Gasteiger partial charge in [0.05, 0.1) is 6.54 Å². The molecule has 0 radical (unpaired) electrons. The first-order chi connectivity index (χ1) is 16.2. The molecule has 0 bridgehead atoms. The van der Waals surface area contributed by atoms with Gasteiger partial charge in [0.25, 0.3) is 0 Å². The van der Waals surface area contributed by atoms with Gasteiger partial charge in [-0.25, -0.2) is 9.79 Å². The summed E-state index contributed by atoms with van der Waals surface area (Å²) in [6.45, 7) is 6.90. The summed E-state index contributed by atoms with van der Waals surface area (Å²) in [4.78, 5) is 18.9. The predicted molar refractivity (Wildman–Crippen MR) is 136 cm³/mol. The monoisotopic (exact) mass is 446 g/mol. The Balaban J connectivity index is 1.28. The number of aliphatic imine (C=N–C) groups is 1. The molecule has 2 heterocycles. The third-order valence-corrected chi connectivity index (χ3v) is 5.88. The number of para-hydroxylation sites is 1. The molecule has 4 rings (SSSR count). The van der Waals surface area contributed by atoms with Crippen molar-refractivity contribution < 1.29 is 4.79 Å². The van der Waals surface area contributed by atoms with Gasteiger partial charge < -0.3 is 25.4 Å². The van der Waals surface area contributed by atoms with Gasteiger partial charge in [0.15, 0.2) is 5.96 Å².